The number of carboxylic acid groups (broad SMARTS) is 1. The summed E-state index contributed by atoms with van der Waals surface area (Å²) in [7, 11) is 1.75. The van der Waals surface area contributed by atoms with E-state index in [0.717, 1.165) is 12.2 Å². The van der Waals surface area contributed by atoms with Crippen molar-refractivity contribution in [3.63, 3.8) is 0 Å². The van der Waals surface area contributed by atoms with Crippen LogP contribution in [0.15, 0.2) is 18.2 Å². The SMILES string of the molecule is CCCCCCCCCCCCC(CC)(CCCCCCCCCC)c1cc(OC)ccc1[NH2+]CCC(=O)O. The number of benzene rings is 1. The zero-order valence-electron chi connectivity index (χ0n) is 26.3. The van der Waals surface area contributed by atoms with Crippen LogP contribution in [0.2, 0.25) is 0 Å². The second kappa shape index (κ2) is 23.2. The number of carboxylic acids is 1. The Kier molecular flexibility index (Phi) is 21.1. The molecule has 1 aromatic carbocycles. The van der Waals surface area contributed by atoms with Crippen molar-refractivity contribution in [3.8, 4) is 5.75 Å². The molecule has 1 unspecified atom stereocenters. The average Bonchev–Trinajstić information content (AvgIpc) is 2.94. The van der Waals surface area contributed by atoms with E-state index in [4.69, 9.17) is 4.74 Å². The predicted octanol–water partition coefficient (Wildman–Crippen LogP) is 9.85. The molecule has 1 rings (SSSR count). The highest BCUT2D eigenvalue weighted by Crippen LogP contribution is 2.42. The fourth-order valence-corrected chi connectivity index (χ4v) is 6.14. The Hall–Kier alpha value is -1.55. The second-order valence-corrected chi connectivity index (χ2v) is 11.9. The quantitative estimate of drug-likeness (QED) is 0.0852. The van der Waals surface area contributed by atoms with Gasteiger partial charge in [-0.05, 0) is 31.4 Å². The first kappa shape index (κ1) is 35.5. The Morgan fingerprint density at radius 3 is 1.62 bits per heavy atom. The minimum atomic E-state index is -0.729. The van der Waals surface area contributed by atoms with E-state index in [0.29, 0.717) is 6.54 Å². The standard InChI is InChI=1S/C35H63NO3/c1-5-8-10-12-14-16-17-19-21-23-28-35(7-3,27-22-20-18-15-13-11-9-6-2)32-30-31(39-4)24-25-33(32)36-29-26-34(37)38/h24-25,30,36H,5-23,26-29H2,1-4H3,(H,37,38)/p+1. The van der Waals surface area contributed by atoms with Crippen LogP contribution in [0.1, 0.15) is 168 Å². The molecule has 4 nitrogen and oxygen atoms in total. The van der Waals surface area contributed by atoms with Crippen molar-refractivity contribution >= 4 is 11.7 Å². The van der Waals surface area contributed by atoms with Crippen LogP contribution < -0.4 is 10.1 Å². The van der Waals surface area contributed by atoms with Crippen LogP contribution in [0.4, 0.5) is 5.69 Å². The van der Waals surface area contributed by atoms with E-state index >= 15 is 0 Å². The first-order valence-electron chi connectivity index (χ1n) is 16.8. The summed E-state index contributed by atoms with van der Waals surface area (Å²) >= 11 is 0. The van der Waals surface area contributed by atoms with Crippen molar-refractivity contribution in [2.24, 2.45) is 0 Å². The maximum Gasteiger partial charge on any atom is 0.309 e. The summed E-state index contributed by atoms with van der Waals surface area (Å²) < 4.78 is 5.68. The van der Waals surface area contributed by atoms with Crippen LogP contribution in [-0.2, 0) is 10.2 Å². The van der Waals surface area contributed by atoms with Gasteiger partial charge in [0.05, 0.1) is 20.1 Å². The molecule has 1 atom stereocenters. The Morgan fingerprint density at radius 1 is 0.744 bits per heavy atom. The van der Waals surface area contributed by atoms with E-state index in [1.807, 2.05) is 6.07 Å². The van der Waals surface area contributed by atoms with Gasteiger partial charge in [0.15, 0.2) is 0 Å². The molecule has 1 aromatic rings. The van der Waals surface area contributed by atoms with Gasteiger partial charge in [0.2, 0.25) is 0 Å². The van der Waals surface area contributed by atoms with Gasteiger partial charge in [-0.2, -0.15) is 0 Å². The number of ether oxygens (including phenoxy) is 1. The van der Waals surface area contributed by atoms with Crippen LogP contribution in [0.25, 0.3) is 0 Å². The minimum Gasteiger partial charge on any atom is -0.497 e. The van der Waals surface area contributed by atoms with E-state index in [1.165, 1.54) is 140 Å². The lowest BCUT2D eigenvalue weighted by atomic mass is 9.70. The molecule has 3 N–H and O–H groups in total. The molecule has 0 fully saturated rings. The number of hydrogen-bond acceptors (Lipinski definition) is 2. The molecule has 0 spiro atoms. The molecular weight excluding hydrogens is 482 g/mol. The Morgan fingerprint density at radius 2 is 1.21 bits per heavy atom. The zero-order chi connectivity index (χ0) is 28.6. The first-order valence-corrected chi connectivity index (χ1v) is 16.8. The third-order valence-corrected chi connectivity index (χ3v) is 8.75. The van der Waals surface area contributed by atoms with Gasteiger partial charge in [-0.15, -0.1) is 0 Å². The van der Waals surface area contributed by atoms with Gasteiger partial charge >= 0.3 is 5.97 Å². The number of unbranched alkanes of at least 4 members (excludes halogenated alkanes) is 16. The lowest BCUT2D eigenvalue weighted by Crippen LogP contribution is -2.79. The topological polar surface area (TPSA) is 63.1 Å². The molecule has 0 bridgehead atoms. The molecule has 39 heavy (non-hydrogen) atoms. The largest absolute Gasteiger partial charge is 0.497 e. The summed E-state index contributed by atoms with van der Waals surface area (Å²) in [5.74, 6) is 0.185. The van der Waals surface area contributed by atoms with Crippen molar-refractivity contribution in [2.45, 2.75) is 167 Å². The first-order chi connectivity index (χ1) is 19.0. The van der Waals surface area contributed by atoms with E-state index in [9.17, 15) is 9.90 Å². The number of carbonyl (C=O) groups is 1. The van der Waals surface area contributed by atoms with Gasteiger partial charge in [0.1, 0.15) is 11.4 Å². The Bertz CT molecular complexity index is 735. The molecule has 4 heteroatoms. The summed E-state index contributed by atoms with van der Waals surface area (Å²) in [5, 5.41) is 11.4. The number of hydrogen-bond donors (Lipinski definition) is 2. The summed E-state index contributed by atoms with van der Waals surface area (Å²) in [6, 6.07) is 6.46. The molecule has 0 saturated heterocycles. The van der Waals surface area contributed by atoms with Crippen LogP contribution in [0.3, 0.4) is 0 Å². The van der Waals surface area contributed by atoms with Gasteiger partial charge in [0, 0.05) is 17.0 Å². The van der Waals surface area contributed by atoms with Gasteiger partial charge < -0.3 is 15.2 Å². The molecule has 0 amide bonds. The number of rotatable bonds is 27. The monoisotopic (exact) mass is 546 g/mol. The Balaban J connectivity index is 2.84. The van der Waals surface area contributed by atoms with Gasteiger partial charge in [-0.25, -0.2) is 0 Å². The number of quaternary nitrogens is 1. The maximum absolute atomic E-state index is 11.2. The normalized spacial score (nSPS) is 12.9. The summed E-state index contributed by atoms with van der Waals surface area (Å²) in [6.07, 6.45) is 28.1. The molecule has 0 saturated carbocycles. The van der Waals surface area contributed by atoms with Crippen LogP contribution in [0, 0.1) is 0 Å². The maximum atomic E-state index is 11.2. The Labute approximate surface area is 242 Å². The van der Waals surface area contributed by atoms with Crippen LogP contribution in [0.5, 0.6) is 5.75 Å². The molecule has 0 aliphatic rings. The van der Waals surface area contributed by atoms with Gasteiger partial charge in [-0.1, -0.05) is 136 Å². The van der Waals surface area contributed by atoms with Crippen molar-refractivity contribution in [2.75, 3.05) is 13.7 Å². The molecule has 0 aliphatic heterocycles. The number of methoxy groups -OCH3 is 1. The highest BCUT2D eigenvalue weighted by Gasteiger charge is 2.33. The van der Waals surface area contributed by atoms with Crippen LogP contribution in [-0.4, -0.2) is 24.7 Å². The fourth-order valence-electron chi connectivity index (χ4n) is 6.14. The molecule has 0 aliphatic carbocycles. The van der Waals surface area contributed by atoms with Crippen molar-refractivity contribution in [3.05, 3.63) is 23.8 Å². The van der Waals surface area contributed by atoms with Gasteiger partial charge in [-0.3, -0.25) is 4.79 Å². The summed E-state index contributed by atoms with van der Waals surface area (Å²) in [5.41, 5.74) is 2.73. The molecule has 226 valence electrons. The van der Waals surface area contributed by atoms with Crippen molar-refractivity contribution in [1.29, 1.82) is 0 Å². The third-order valence-electron chi connectivity index (χ3n) is 8.75. The summed E-state index contributed by atoms with van der Waals surface area (Å²) in [4.78, 5) is 11.2. The van der Waals surface area contributed by atoms with Crippen molar-refractivity contribution < 1.29 is 20.0 Å². The summed E-state index contributed by atoms with van der Waals surface area (Å²) in [6.45, 7) is 7.50. The fraction of sp³-hybridized carbons (Fsp3) is 0.800. The van der Waals surface area contributed by atoms with E-state index in [2.05, 4.69) is 38.2 Å². The molecule has 0 radical (unpaired) electrons. The van der Waals surface area contributed by atoms with Crippen molar-refractivity contribution in [1.82, 2.24) is 0 Å². The number of aliphatic carboxylic acids is 1. The van der Waals surface area contributed by atoms with Gasteiger partial charge in [0.25, 0.3) is 0 Å². The zero-order valence-corrected chi connectivity index (χ0v) is 26.3. The average molecular weight is 547 g/mol. The van der Waals surface area contributed by atoms with E-state index in [1.54, 1.807) is 7.11 Å². The highest BCUT2D eigenvalue weighted by atomic mass is 16.5. The number of nitrogens with two attached hydrogens (primary N) is 1. The smallest absolute Gasteiger partial charge is 0.309 e. The molecule has 0 heterocycles. The minimum absolute atomic E-state index is 0.131. The molecular formula is C35H64NO3+. The van der Waals surface area contributed by atoms with E-state index in [-0.39, 0.29) is 11.8 Å². The highest BCUT2D eigenvalue weighted by molar-refractivity contribution is 5.66. The van der Waals surface area contributed by atoms with E-state index < -0.39 is 5.97 Å². The molecule has 0 aromatic heterocycles. The van der Waals surface area contributed by atoms with Crippen LogP contribution >= 0.6 is 0 Å². The lowest BCUT2D eigenvalue weighted by Gasteiger charge is -2.35. The predicted molar refractivity (Wildman–Crippen MR) is 167 cm³/mol. The second-order valence-electron chi connectivity index (χ2n) is 11.9. The lowest BCUT2D eigenvalue weighted by molar-refractivity contribution is -0.571. The third kappa shape index (κ3) is 15.7.